The Morgan fingerprint density at radius 1 is 1.14 bits per heavy atom. The van der Waals surface area contributed by atoms with Gasteiger partial charge in [0.1, 0.15) is 12.4 Å². The minimum Gasteiger partial charge on any atom is -0.355 e. The van der Waals surface area contributed by atoms with Crippen molar-refractivity contribution < 1.29 is 9.18 Å². The quantitative estimate of drug-likeness (QED) is 0.823. The Hall–Kier alpha value is -2.43. The summed E-state index contributed by atoms with van der Waals surface area (Å²) in [5, 5.41) is 2.78. The van der Waals surface area contributed by atoms with Gasteiger partial charge in [-0.15, -0.1) is 0 Å². The molecule has 0 aliphatic carbocycles. The smallest absolute Gasteiger partial charge is 0.239 e. The maximum absolute atomic E-state index is 13.4. The third-order valence-corrected chi connectivity index (χ3v) is 3.09. The van der Waals surface area contributed by atoms with E-state index in [4.69, 9.17) is 0 Å². The summed E-state index contributed by atoms with van der Waals surface area (Å²) < 4.78 is 15.0. The number of amides is 1. The molecule has 0 fully saturated rings. The normalized spacial score (nSPS) is 10.3. The van der Waals surface area contributed by atoms with Gasteiger partial charge >= 0.3 is 0 Å². The third kappa shape index (κ3) is 4.87. The molecule has 0 bridgehead atoms. The number of aryl methyl sites for hydroxylation is 1. The fourth-order valence-corrected chi connectivity index (χ4v) is 1.98. The zero-order chi connectivity index (χ0) is 15.1. The Kier molecular flexibility index (Phi) is 5.26. The number of nitrogens with zero attached hydrogens (tertiary/aromatic N) is 1. The average Bonchev–Trinajstić information content (AvgIpc) is 2.48. The van der Waals surface area contributed by atoms with E-state index in [9.17, 15) is 14.0 Å². The van der Waals surface area contributed by atoms with Crippen LogP contribution in [0.3, 0.4) is 0 Å². The monoisotopic (exact) mass is 288 g/mol. The second-order valence-corrected chi connectivity index (χ2v) is 4.75. The summed E-state index contributed by atoms with van der Waals surface area (Å²) in [7, 11) is 0. The van der Waals surface area contributed by atoms with Crippen molar-refractivity contribution in [2.75, 3.05) is 6.54 Å². The van der Waals surface area contributed by atoms with Crippen molar-refractivity contribution in [2.24, 2.45) is 0 Å². The number of hydrogen-bond acceptors (Lipinski definition) is 2. The minimum atomic E-state index is -0.211. The van der Waals surface area contributed by atoms with E-state index in [2.05, 4.69) is 5.32 Å². The van der Waals surface area contributed by atoms with Gasteiger partial charge in [0, 0.05) is 31.1 Å². The van der Waals surface area contributed by atoms with Crippen molar-refractivity contribution in [1.82, 2.24) is 9.88 Å². The fourth-order valence-electron chi connectivity index (χ4n) is 1.98. The Morgan fingerprint density at radius 2 is 1.86 bits per heavy atom. The molecule has 0 spiro atoms. The first-order valence-corrected chi connectivity index (χ1v) is 6.81. The van der Waals surface area contributed by atoms with Gasteiger partial charge in [-0.25, -0.2) is 4.39 Å². The molecule has 2 rings (SSSR count). The van der Waals surface area contributed by atoms with E-state index in [1.807, 2.05) is 0 Å². The van der Waals surface area contributed by atoms with Gasteiger partial charge in [0.05, 0.1) is 0 Å². The lowest BCUT2D eigenvalue weighted by Crippen LogP contribution is -2.28. The number of halogens is 1. The molecule has 21 heavy (non-hydrogen) atoms. The van der Waals surface area contributed by atoms with Crippen LogP contribution in [0.25, 0.3) is 0 Å². The summed E-state index contributed by atoms with van der Waals surface area (Å²) in [5.74, 6) is -0.343. The lowest BCUT2D eigenvalue weighted by molar-refractivity contribution is -0.121. The molecule has 0 aliphatic rings. The highest BCUT2D eigenvalue weighted by molar-refractivity contribution is 5.75. The molecule has 1 aromatic carbocycles. The summed E-state index contributed by atoms with van der Waals surface area (Å²) in [6.45, 7) is 0.660. The molecule has 4 nitrogen and oxygen atoms in total. The van der Waals surface area contributed by atoms with Gasteiger partial charge in [0.25, 0.3) is 0 Å². The molecule has 2 aromatic rings. The van der Waals surface area contributed by atoms with Crippen LogP contribution < -0.4 is 10.7 Å². The maximum atomic E-state index is 13.4. The van der Waals surface area contributed by atoms with Crippen molar-refractivity contribution in [1.29, 1.82) is 0 Å². The van der Waals surface area contributed by atoms with Crippen LogP contribution in [0.2, 0.25) is 0 Å². The lowest BCUT2D eigenvalue weighted by atomic mass is 10.1. The molecule has 1 amide bonds. The van der Waals surface area contributed by atoms with E-state index in [1.54, 1.807) is 35.2 Å². The van der Waals surface area contributed by atoms with Crippen LogP contribution in [0.1, 0.15) is 12.0 Å². The second-order valence-electron chi connectivity index (χ2n) is 4.75. The average molecular weight is 288 g/mol. The van der Waals surface area contributed by atoms with Gasteiger partial charge in [-0.05, 0) is 24.5 Å². The first kappa shape index (κ1) is 15.0. The Balaban J connectivity index is 1.71. The van der Waals surface area contributed by atoms with Crippen LogP contribution in [0.4, 0.5) is 4.39 Å². The number of carbonyl (C=O) groups is 1. The minimum absolute atomic E-state index is 0.0865. The van der Waals surface area contributed by atoms with E-state index in [-0.39, 0.29) is 23.7 Å². The molecule has 110 valence electrons. The topological polar surface area (TPSA) is 51.1 Å². The number of pyridine rings is 1. The molecule has 1 N–H and O–H groups in total. The van der Waals surface area contributed by atoms with Gasteiger partial charge in [-0.1, -0.05) is 18.2 Å². The van der Waals surface area contributed by atoms with Crippen molar-refractivity contribution in [3.05, 3.63) is 70.4 Å². The van der Waals surface area contributed by atoms with Gasteiger partial charge in [0.2, 0.25) is 5.91 Å². The van der Waals surface area contributed by atoms with E-state index in [0.29, 0.717) is 24.9 Å². The summed E-state index contributed by atoms with van der Waals surface area (Å²) in [4.78, 5) is 22.6. The summed E-state index contributed by atoms with van der Waals surface area (Å²) in [6.07, 6.45) is 4.41. The molecule has 0 aliphatic heterocycles. The number of carbonyl (C=O) groups excluding carboxylic acids is 1. The fraction of sp³-hybridized carbons (Fsp3) is 0.250. The molecule has 0 atom stereocenters. The lowest BCUT2D eigenvalue weighted by Gasteiger charge is -2.08. The number of nitrogens with one attached hydrogen (secondary N) is 1. The first-order valence-electron chi connectivity index (χ1n) is 6.81. The van der Waals surface area contributed by atoms with E-state index in [1.165, 1.54) is 18.2 Å². The highest BCUT2D eigenvalue weighted by atomic mass is 19.1. The Morgan fingerprint density at radius 3 is 2.57 bits per heavy atom. The van der Waals surface area contributed by atoms with Crippen molar-refractivity contribution in [3.8, 4) is 0 Å². The maximum Gasteiger partial charge on any atom is 0.239 e. The molecule has 0 unspecified atom stereocenters. The molecular formula is C16H17FN2O2. The van der Waals surface area contributed by atoms with Crippen molar-refractivity contribution in [3.63, 3.8) is 0 Å². The predicted molar refractivity (Wildman–Crippen MR) is 78.4 cm³/mol. The SMILES string of the molecule is O=C(Cn1ccc(=O)cc1)NCCCc1ccccc1F. The van der Waals surface area contributed by atoms with Crippen molar-refractivity contribution >= 4 is 5.91 Å². The van der Waals surface area contributed by atoms with Crippen LogP contribution >= 0.6 is 0 Å². The number of hydrogen-bond donors (Lipinski definition) is 1. The summed E-state index contributed by atoms with van der Waals surface area (Å²) >= 11 is 0. The number of benzene rings is 1. The number of aromatic nitrogens is 1. The molecule has 1 heterocycles. The Bertz CT molecular complexity index is 647. The van der Waals surface area contributed by atoms with E-state index < -0.39 is 0 Å². The van der Waals surface area contributed by atoms with Crippen molar-refractivity contribution in [2.45, 2.75) is 19.4 Å². The zero-order valence-corrected chi connectivity index (χ0v) is 11.6. The third-order valence-electron chi connectivity index (χ3n) is 3.09. The van der Waals surface area contributed by atoms with Crippen LogP contribution in [0.5, 0.6) is 0 Å². The molecule has 0 saturated heterocycles. The molecule has 0 saturated carbocycles. The van der Waals surface area contributed by atoms with Crippen LogP contribution in [-0.2, 0) is 17.8 Å². The number of rotatable bonds is 6. The molecule has 1 aromatic heterocycles. The summed E-state index contributed by atoms with van der Waals surface area (Å²) in [5.41, 5.74) is 0.573. The second kappa shape index (κ2) is 7.38. The van der Waals surface area contributed by atoms with Gasteiger partial charge in [-0.3, -0.25) is 9.59 Å². The van der Waals surface area contributed by atoms with E-state index >= 15 is 0 Å². The zero-order valence-electron chi connectivity index (χ0n) is 11.6. The Labute approximate surface area is 122 Å². The standard InChI is InChI=1S/C16H17FN2O2/c17-15-6-2-1-4-13(15)5-3-9-18-16(21)12-19-10-7-14(20)8-11-19/h1-2,4,6-8,10-11H,3,5,9,12H2,(H,18,21). The van der Waals surface area contributed by atoms with Gasteiger partial charge < -0.3 is 9.88 Å². The van der Waals surface area contributed by atoms with Gasteiger partial charge in [0.15, 0.2) is 5.43 Å². The van der Waals surface area contributed by atoms with Crippen LogP contribution in [0.15, 0.2) is 53.6 Å². The first-order chi connectivity index (χ1) is 10.1. The van der Waals surface area contributed by atoms with Crippen LogP contribution in [-0.4, -0.2) is 17.0 Å². The highest BCUT2D eigenvalue weighted by Crippen LogP contribution is 2.08. The highest BCUT2D eigenvalue weighted by Gasteiger charge is 2.03. The van der Waals surface area contributed by atoms with Gasteiger partial charge in [-0.2, -0.15) is 0 Å². The molecule has 5 heteroatoms. The van der Waals surface area contributed by atoms with E-state index in [0.717, 1.165) is 0 Å². The van der Waals surface area contributed by atoms with Crippen LogP contribution in [0, 0.1) is 5.82 Å². The predicted octanol–water partition coefficient (Wildman–Crippen LogP) is 1.74. The molecule has 0 radical (unpaired) electrons. The largest absolute Gasteiger partial charge is 0.355 e. The summed E-state index contributed by atoms with van der Waals surface area (Å²) in [6, 6.07) is 9.46. The molecular weight excluding hydrogens is 271 g/mol.